The van der Waals surface area contributed by atoms with E-state index in [-0.39, 0.29) is 33.0 Å². The van der Waals surface area contributed by atoms with Crippen LogP contribution in [0.4, 0.5) is 5.69 Å². The summed E-state index contributed by atoms with van der Waals surface area (Å²) in [7, 11) is 0. The van der Waals surface area contributed by atoms with Gasteiger partial charge in [0.15, 0.2) is 0 Å². The van der Waals surface area contributed by atoms with Gasteiger partial charge in [0.25, 0.3) is 5.56 Å². The Bertz CT molecular complexity index is 926. The van der Waals surface area contributed by atoms with Crippen molar-refractivity contribution in [3.05, 3.63) is 55.8 Å². The number of aromatic nitrogens is 1. The second kappa shape index (κ2) is 6.34. The number of carbonyl (C=O) groups is 1. The average Bonchev–Trinajstić information content (AvgIpc) is 2.48. The number of nitrogens with zero attached hydrogens (tertiary/aromatic N) is 2. The highest BCUT2D eigenvalue weighted by Gasteiger charge is 2.13. The number of nitrogens with one attached hydrogen (secondary N) is 1. The van der Waals surface area contributed by atoms with Gasteiger partial charge >= 0.3 is 5.97 Å². The third kappa shape index (κ3) is 3.22. The third-order valence-corrected chi connectivity index (χ3v) is 3.46. The fourth-order valence-corrected chi connectivity index (χ4v) is 2.11. The smallest absolute Gasteiger partial charge is 0.337 e. The van der Waals surface area contributed by atoms with Crippen LogP contribution in [0.2, 0.25) is 5.02 Å². The minimum Gasteiger partial charge on any atom is -0.494 e. The van der Waals surface area contributed by atoms with Gasteiger partial charge < -0.3 is 10.2 Å². The van der Waals surface area contributed by atoms with Gasteiger partial charge in [0, 0.05) is 6.21 Å². The maximum Gasteiger partial charge on any atom is 0.337 e. The van der Waals surface area contributed by atoms with Crippen LogP contribution in [0.15, 0.2) is 28.0 Å². The number of H-pyrrole nitrogens is 1. The van der Waals surface area contributed by atoms with Gasteiger partial charge in [-0.2, -0.15) is 5.26 Å². The molecule has 0 aliphatic rings. The highest BCUT2D eigenvalue weighted by Crippen LogP contribution is 2.23. The molecule has 0 spiro atoms. The Morgan fingerprint density at radius 2 is 2.17 bits per heavy atom. The zero-order valence-electron chi connectivity index (χ0n) is 11.8. The fraction of sp³-hybridized carbons (Fsp3) is 0.0667. The van der Waals surface area contributed by atoms with Crippen molar-refractivity contribution in [2.45, 2.75) is 6.92 Å². The van der Waals surface area contributed by atoms with Crippen molar-refractivity contribution < 1.29 is 15.0 Å². The predicted molar refractivity (Wildman–Crippen MR) is 83.8 cm³/mol. The molecule has 8 heteroatoms. The summed E-state index contributed by atoms with van der Waals surface area (Å²) >= 11 is 5.77. The monoisotopic (exact) mass is 331 g/mol. The van der Waals surface area contributed by atoms with Crippen molar-refractivity contribution >= 4 is 29.5 Å². The lowest BCUT2D eigenvalue weighted by molar-refractivity contribution is 0.0697. The first-order chi connectivity index (χ1) is 10.8. The predicted octanol–water partition coefficient (Wildman–Crippen LogP) is 2.36. The van der Waals surface area contributed by atoms with E-state index in [0.29, 0.717) is 0 Å². The van der Waals surface area contributed by atoms with E-state index >= 15 is 0 Å². The maximum absolute atomic E-state index is 11.5. The summed E-state index contributed by atoms with van der Waals surface area (Å²) in [5, 5.41) is 27.8. The molecule has 2 rings (SSSR count). The number of carboxylic acids is 1. The van der Waals surface area contributed by atoms with Crippen molar-refractivity contribution in [2.24, 2.45) is 4.99 Å². The largest absolute Gasteiger partial charge is 0.494 e. The number of aliphatic imine (C=N–C) groups is 1. The Morgan fingerprint density at radius 1 is 1.48 bits per heavy atom. The van der Waals surface area contributed by atoms with Gasteiger partial charge in [0.05, 0.1) is 21.8 Å². The molecular weight excluding hydrogens is 322 g/mol. The van der Waals surface area contributed by atoms with Crippen LogP contribution in [-0.4, -0.2) is 27.4 Å². The highest BCUT2D eigenvalue weighted by atomic mass is 35.5. The van der Waals surface area contributed by atoms with Crippen LogP contribution >= 0.6 is 11.6 Å². The molecule has 23 heavy (non-hydrogen) atoms. The number of rotatable bonds is 3. The molecule has 0 aliphatic heterocycles. The van der Waals surface area contributed by atoms with Crippen LogP contribution in [0.1, 0.15) is 27.0 Å². The van der Waals surface area contributed by atoms with Gasteiger partial charge in [-0.25, -0.2) is 4.79 Å². The number of benzene rings is 1. The lowest BCUT2D eigenvalue weighted by Gasteiger charge is -2.05. The quantitative estimate of drug-likeness (QED) is 0.744. The molecule has 0 bridgehead atoms. The molecule has 2 aromatic rings. The summed E-state index contributed by atoms with van der Waals surface area (Å²) in [5.41, 5.74) is -0.222. The second-order valence-corrected chi connectivity index (χ2v) is 4.96. The van der Waals surface area contributed by atoms with Crippen LogP contribution in [0, 0.1) is 18.3 Å². The van der Waals surface area contributed by atoms with E-state index in [1.165, 1.54) is 31.3 Å². The summed E-state index contributed by atoms with van der Waals surface area (Å²) in [6, 6.07) is 5.90. The van der Waals surface area contributed by atoms with E-state index < -0.39 is 17.4 Å². The zero-order valence-corrected chi connectivity index (χ0v) is 12.5. The van der Waals surface area contributed by atoms with Crippen molar-refractivity contribution in [1.29, 1.82) is 5.26 Å². The Labute approximate surface area is 135 Å². The molecule has 0 fully saturated rings. The minimum absolute atomic E-state index is 0.0753. The number of pyridine rings is 1. The summed E-state index contributed by atoms with van der Waals surface area (Å²) in [4.78, 5) is 28.7. The Kier molecular flexibility index (Phi) is 4.48. The molecule has 7 nitrogen and oxygen atoms in total. The van der Waals surface area contributed by atoms with E-state index in [4.69, 9.17) is 22.0 Å². The van der Waals surface area contributed by atoms with Crippen molar-refractivity contribution in [3.8, 4) is 11.9 Å². The lowest BCUT2D eigenvalue weighted by atomic mass is 10.1. The topological polar surface area (TPSA) is 127 Å². The molecule has 1 aromatic carbocycles. The SMILES string of the molecule is Cc1c(C=Nc2ccc(Cl)c(C(=O)O)c2)c(O)[nH]c(=O)c1C#N. The molecule has 3 N–H and O–H groups in total. The minimum atomic E-state index is -1.19. The van der Waals surface area contributed by atoms with Crippen LogP contribution in [0.5, 0.6) is 5.88 Å². The molecule has 1 aromatic heterocycles. The number of halogens is 1. The Hall–Kier alpha value is -3.11. The molecule has 0 amide bonds. The van der Waals surface area contributed by atoms with Gasteiger partial charge in [-0.1, -0.05) is 11.6 Å². The average molecular weight is 332 g/mol. The van der Waals surface area contributed by atoms with Gasteiger partial charge in [-0.05, 0) is 30.7 Å². The van der Waals surface area contributed by atoms with Gasteiger partial charge in [-0.15, -0.1) is 0 Å². The first kappa shape index (κ1) is 16.3. The molecule has 0 aliphatic carbocycles. The summed E-state index contributed by atoms with van der Waals surface area (Å²) in [6.45, 7) is 1.50. The maximum atomic E-state index is 11.5. The number of nitriles is 1. The summed E-state index contributed by atoms with van der Waals surface area (Å²) < 4.78 is 0. The number of aromatic amines is 1. The van der Waals surface area contributed by atoms with Crippen LogP contribution in [0.3, 0.4) is 0 Å². The molecular formula is C15H10ClN3O4. The zero-order chi connectivity index (χ0) is 17.1. The van der Waals surface area contributed by atoms with Gasteiger partial charge in [-0.3, -0.25) is 14.8 Å². The van der Waals surface area contributed by atoms with Crippen LogP contribution in [-0.2, 0) is 0 Å². The van der Waals surface area contributed by atoms with E-state index in [1.807, 2.05) is 0 Å². The number of aromatic carboxylic acids is 1. The van der Waals surface area contributed by atoms with E-state index in [0.717, 1.165) is 0 Å². The number of hydrogen-bond donors (Lipinski definition) is 3. The molecule has 0 saturated carbocycles. The summed E-state index contributed by atoms with van der Waals surface area (Å²) in [6.07, 6.45) is 1.23. The molecule has 0 radical (unpaired) electrons. The second-order valence-electron chi connectivity index (χ2n) is 4.56. The Balaban J connectivity index is 2.50. The number of carboxylic acid groups (broad SMARTS) is 1. The normalized spacial score (nSPS) is 10.7. The van der Waals surface area contributed by atoms with Crippen LogP contribution in [0.25, 0.3) is 0 Å². The molecule has 0 unspecified atom stereocenters. The third-order valence-electron chi connectivity index (χ3n) is 3.13. The molecule has 0 saturated heterocycles. The molecule has 0 atom stereocenters. The number of aromatic hydroxyl groups is 1. The van der Waals surface area contributed by atoms with Crippen LogP contribution < -0.4 is 5.56 Å². The molecule has 1 heterocycles. The standard InChI is InChI=1S/C15H10ClN3O4/c1-7-10(5-17)13(20)19-14(21)11(7)6-18-8-2-3-12(16)9(4-8)15(22)23/h2-4,6H,1H3,(H,22,23)(H2,19,20,21). The lowest BCUT2D eigenvalue weighted by Crippen LogP contribution is -2.14. The van der Waals surface area contributed by atoms with Gasteiger partial charge in [0.1, 0.15) is 11.6 Å². The highest BCUT2D eigenvalue weighted by molar-refractivity contribution is 6.33. The van der Waals surface area contributed by atoms with E-state index in [9.17, 15) is 14.7 Å². The summed E-state index contributed by atoms with van der Waals surface area (Å²) in [5.74, 6) is -1.62. The first-order valence-corrected chi connectivity index (χ1v) is 6.65. The first-order valence-electron chi connectivity index (χ1n) is 6.28. The van der Waals surface area contributed by atoms with E-state index in [2.05, 4.69) is 9.98 Å². The number of hydrogen-bond acceptors (Lipinski definition) is 5. The van der Waals surface area contributed by atoms with Gasteiger partial charge in [0.2, 0.25) is 5.88 Å². The Morgan fingerprint density at radius 3 is 2.78 bits per heavy atom. The van der Waals surface area contributed by atoms with E-state index in [1.54, 1.807) is 6.07 Å². The van der Waals surface area contributed by atoms with Crippen molar-refractivity contribution in [1.82, 2.24) is 4.98 Å². The molecule has 116 valence electrons. The van der Waals surface area contributed by atoms with Crippen molar-refractivity contribution in [2.75, 3.05) is 0 Å². The fourth-order valence-electron chi connectivity index (χ4n) is 1.91. The van der Waals surface area contributed by atoms with Crippen molar-refractivity contribution in [3.63, 3.8) is 0 Å².